The van der Waals surface area contributed by atoms with Gasteiger partial charge >= 0.3 is 0 Å². The van der Waals surface area contributed by atoms with Crippen molar-refractivity contribution >= 4 is 0 Å². The standard InChI is InChI=1S/C14H26N2/c1-8(2)12-13(9(3)4)16-10(5)11-6-7-15-14(11)12/h8-11,14-16H,6-7H2,1-5H3. The quantitative estimate of drug-likeness (QED) is 0.750. The second-order valence-corrected chi connectivity index (χ2v) is 6.00. The lowest BCUT2D eigenvalue weighted by molar-refractivity contribution is 0.320. The van der Waals surface area contributed by atoms with E-state index in [9.17, 15) is 0 Å². The van der Waals surface area contributed by atoms with Crippen LogP contribution in [0.1, 0.15) is 41.0 Å². The van der Waals surface area contributed by atoms with E-state index in [1.807, 2.05) is 0 Å². The topological polar surface area (TPSA) is 24.1 Å². The van der Waals surface area contributed by atoms with Crippen LogP contribution in [0, 0.1) is 17.8 Å². The monoisotopic (exact) mass is 222 g/mol. The maximum Gasteiger partial charge on any atom is 0.0350 e. The van der Waals surface area contributed by atoms with Crippen LogP contribution in [0.25, 0.3) is 0 Å². The molecule has 2 N–H and O–H groups in total. The highest BCUT2D eigenvalue weighted by molar-refractivity contribution is 5.29. The van der Waals surface area contributed by atoms with Gasteiger partial charge in [-0.3, -0.25) is 0 Å². The minimum atomic E-state index is 0.614. The van der Waals surface area contributed by atoms with Crippen LogP contribution in [-0.4, -0.2) is 18.6 Å². The second kappa shape index (κ2) is 4.40. The van der Waals surface area contributed by atoms with Gasteiger partial charge in [-0.05, 0) is 43.2 Å². The summed E-state index contributed by atoms with van der Waals surface area (Å²) in [5.41, 5.74) is 3.13. The van der Waals surface area contributed by atoms with Crippen LogP contribution in [0.15, 0.2) is 11.3 Å². The van der Waals surface area contributed by atoms with Gasteiger partial charge in [0.25, 0.3) is 0 Å². The molecule has 1 saturated heterocycles. The molecule has 1 fully saturated rings. The van der Waals surface area contributed by atoms with E-state index in [1.54, 1.807) is 5.57 Å². The Bertz CT molecular complexity index is 291. The average Bonchev–Trinajstić information content (AvgIpc) is 2.65. The van der Waals surface area contributed by atoms with E-state index in [0.29, 0.717) is 23.9 Å². The van der Waals surface area contributed by atoms with Crippen molar-refractivity contribution in [2.75, 3.05) is 6.54 Å². The number of allylic oxidation sites excluding steroid dienone is 1. The summed E-state index contributed by atoms with van der Waals surface area (Å²) in [6.45, 7) is 12.8. The minimum absolute atomic E-state index is 0.614. The summed E-state index contributed by atoms with van der Waals surface area (Å²) < 4.78 is 0. The zero-order valence-corrected chi connectivity index (χ0v) is 11.3. The van der Waals surface area contributed by atoms with Gasteiger partial charge in [-0.2, -0.15) is 0 Å². The van der Waals surface area contributed by atoms with Crippen molar-refractivity contribution in [3.8, 4) is 0 Å². The molecule has 2 heterocycles. The number of hydrogen-bond acceptors (Lipinski definition) is 2. The van der Waals surface area contributed by atoms with Crippen LogP contribution in [-0.2, 0) is 0 Å². The molecule has 92 valence electrons. The zero-order valence-electron chi connectivity index (χ0n) is 11.3. The van der Waals surface area contributed by atoms with Crippen molar-refractivity contribution in [3.05, 3.63) is 11.3 Å². The molecule has 2 heteroatoms. The third-order valence-electron chi connectivity index (χ3n) is 4.14. The molecule has 0 aromatic rings. The van der Waals surface area contributed by atoms with E-state index in [1.165, 1.54) is 18.7 Å². The predicted molar refractivity (Wildman–Crippen MR) is 69.2 cm³/mol. The molecule has 0 amide bonds. The Labute approximate surface area is 99.9 Å². The Morgan fingerprint density at radius 1 is 1.12 bits per heavy atom. The molecule has 2 aliphatic rings. The van der Waals surface area contributed by atoms with E-state index in [4.69, 9.17) is 0 Å². The van der Waals surface area contributed by atoms with Crippen molar-refractivity contribution in [2.45, 2.75) is 53.1 Å². The highest BCUT2D eigenvalue weighted by Gasteiger charge is 2.40. The molecule has 0 spiro atoms. The van der Waals surface area contributed by atoms with Gasteiger partial charge in [0.1, 0.15) is 0 Å². The van der Waals surface area contributed by atoms with Crippen LogP contribution in [0.2, 0.25) is 0 Å². The van der Waals surface area contributed by atoms with Gasteiger partial charge in [-0.1, -0.05) is 27.7 Å². The first-order valence-electron chi connectivity index (χ1n) is 6.76. The predicted octanol–water partition coefficient (Wildman–Crippen LogP) is 2.52. The Morgan fingerprint density at radius 2 is 1.81 bits per heavy atom. The molecule has 0 bridgehead atoms. The number of rotatable bonds is 2. The molecule has 16 heavy (non-hydrogen) atoms. The summed E-state index contributed by atoms with van der Waals surface area (Å²) in [5.74, 6) is 2.05. The molecule has 0 aromatic heterocycles. The van der Waals surface area contributed by atoms with Crippen LogP contribution in [0.4, 0.5) is 0 Å². The second-order valence-electron chi connectivity index (χ2n) is 6.00. The Balaban J connectivity index is 2.38. The number of nitrogens with one attached hydrogen (secondary N) is 2. The lowest BCUT2D eigenvalue weighted by atomic mass is 9.78. The summed E-state index contributed by atoms with van der Waals surface area (Å²) in [4.78, 5) is 0. The first-order valence-corrected chi connectivity index (χ1v) is 6.76. The fourth-order valence-electron chi connectivity index (χ4n) is 3.38. The van der Waals surface area contributed by atoms with Gasteiger partial charge in [-0.25, -0.2) is 0 Å². The molecular formula is C14H26N2. The van der Waals surface area contributed by atoms with Gasteiger partial charge in [0, 0.05) is 17.8 Å². The lowest BCUT2D eigenvalue weighted by Crippen LogP contribution is -2.49. The molecule has 0 radical (unpaired) electrons. The zero-order chi connectivity index (χ0) is 11.9. The fourth-order valence-corrected chi connectivity index (χ4v) is 3.38. The summed E-state index contributed by atoms with van der Waals surface area (Å²) in [5, 5.41) is 7.47. The van der Waals surface area contributed by atoms with Crippen molar-refractivity contribution in [1.29, 1.82) is 0 Å². The highest BCUT2D eigenvalue weighted by atomic mass is 15.0. The van der Waals surface area contributed by atoms with Gasteiger partial charge in [0.15, 0.2) is 0 Å². The summed E-state index contributed by atoms with van der Waals surface area (Å²) >= 11 is 0. The van der Waals surface area contributed by atoms with E-state index in [0.717, 1.165) is 5.92 Å². The molecule has 2 rings (SSSR count). The van der Waals surface area contributed by atoms with Crippen molar-refractivity contribution in [1.82, 2.24) is 10.6 Å². The van der Waals surface area contributed by atoms with E-state index in [-0.39, 0.29) is 0 Å². The lowest BCUT2D eigenvalue weighted by Gasteiger charge is -2.40. The Morgan fingerprint density at radius 3 is 2.38 bits per heavy atom. The maximum absolute atomic E-state index is 3.76. The molecule has 2 aliphatic heterocycles. The van der Waals surface area contributed by atoms with Gasteiger partial charge < -0.3 is 10.6 Å². The van der Waals surface area contributed by atoms with E-state index < -0.39 is 0 Å². The average molecular weight is 222 g/mol. The maximum atomic E-state index is 3.76. The molecular weight excluding hydrogens is 196 g/mol. The van der Waals surface area contributed by atoms with E-state index >= 15 is 0 Å². The van der Waals surface area contributed by atoms with Gasteiger partial charge in [0.05, 0.1) is 0 Å². The van der Waals surface area contributed by atoms with Gasteiger partial charge in [-0.15, -0.1) is 0 Å². The van der Waals surface area contributed by atoms with Crippen LogP contribution in [0.3, 0.4) is 0 Å². The molecule has 3 atom stereocenters. The van der Waals surface area contributed by atoms with Crippen molar-refractivity contribution in [3.63, 3.8) is 0 Å². The number of fused-ring (bicyclic) bond motifs is 1. The summed E-state index contributed by atoms with van der Waals surface area (Å²) in [6, 6.07) is 1.26. The highest BCUT2D eigenvalue weighted by Crippen LogP contribution is 2.36. The molecule has 0 aromatic carbocycles. The largest absolute Gasteiger partial charge is 0.385 e. The first-order chi connectivity index (χ1) is 7.52. The third kappa shape index (κ3) is 1.88. The van der Waals surface area contributed by atoms with Gasteiger partial charge in [0.2, 0.25) is 0 Å². The molecule has 3 unspecified atom stereocenters. The molecule has 0 saturated carbocycles. The van der Waals surface area contributed by atoms with Crippen LogP contribution >= 0.6 is 0 Å². The minimum Gasteiger partial charge on any atom is -0.385 e. The molecule has 0 aliphatic carbocycles. The first kappa shape index (κ1) is 12.0. The summed E-state index contributed by atoms with van der Waals surface area (Å²) in [6.07, 6.45) is 1.32. The fraction of sp³-hybridized carbons (Fsp3) is 0.857. The van der Waals surface area contributed by atoms with Crippen molar-refractivity contribution < 1.29 is 0 Å². The molecule has 2 nitrogen and oxygen atoms in total. The van der Waals surface area contributed by atoms with E-state index in [2.05, 4.69) is 45.3 Å². The van der Waals surface area contributed by atoms with Crippen molar-refractivity contribution in [2.24, 2.45) is 17.8 Å². The van der Waals surface area contributed by atoms with Crippen LogP contribution in [0.5, 0.6) is 0 Å². The summed E-state index contributed by atoms with van der Waals surface area (Å²) in [7, 11) is 0. The van der Waals surface area contributed by atoms with Crippen LogP contribution < -0.4 is 10.6 Å². The normalized spacial score (nSPS) is 34.6. The Hall–Kier alpha value is -0.500. The Kier molecular flexibility index (Phi) is 3.29. The smallest absolute Gasteiger partial charge is 0.0350 e. The number of hydrogen-bond donors (Lipinski definition) is 2. The SMILES string of the molecule is CC(C)C1=C(C(C)C)C2NCCC2C(C)N1. The third-order valence-corrected chi connectivity index (χ3v) is 4.14.